The second kappa shape index (κ2) is 14.4. The highest BCUT2D eigenvalue weighted by molar-refractivity contribution is 5.90. The molecule has 0 aliphatic rings. The van der Waals surface area contributed by atoms with Crippen LogP contribution in [-0.2, 0) is 0 Å². The number of aromatic nitrogens is 4. The number of para-hydroxylation sites is 4. The predicted molar refractivity (Wildman–Crippen MR) is 189 cm³/mol. The van der Waals surface area contributed by atoms with E-state index in [1.165, 1.54) is 0 Å². The lowest BCUT2D eigenvalue weighted by molar-refractivity contribution is 0.355. The quantitative estimate of drug-likeness (QED) is 0.125. The highest BCUT2D eigenvalue weighted by atomic mass is 16.5. The topological polar surface area (TPSA) is 109 Å². The number of methoxy groups -OCH3 is 8. The molecule has 4 aromatic carbocycles. The van der Waals surface area contributed by atoms with Crippen LogP contribution < -0.4 is 37.9 Å². The number of benzene rings is 4. The van der Waals surface area contributed by atoms with Crippen LogP contribution in [0.3, 0.4) is 0 Å². The van der Waals surface area contributed by atoms with Crippen LogP contribution in [0.2, 0.25) is 0 Å². The van der Waals surface area contributed by atoms with Gasteiger partial charge in [-0.3, -0.25) is 0 Å². The van der Waals surface area contributed by atoms with Gasteiger partial charge >= 0.3 is 0 Å². The van der Waals surface area contributed by atoms with E-state index in [0.717, 1.165) is 0 Å². The van der Waals surface area contributed by atoms with Gasteiger partial charge in [0.25, 0.3) is 0 Å². The van der Waals surface area contributed by atoms with Gasteiger partial charge in [-0.05, 0) is 48.5 Å². The highest BCUT2D eigenvalue weighted by Gasteiger charge is 2.31. The van der Waals surface area contributed by atoms with Gasteiger partial charge < -0.3 is 37.9 Å². The fourth-order valence-electron chi connectivity index (χ4n) is 6.15. The summed E-state index contributed by atoms with van der Waals surface area (Å²) in [7, 11) is 12.8. The molecule has 2 aromatic heterocycles. The van der Waals surface area contributed by atoms with E-state index in [2.05, 4.69) is 0 Å². The standard InChI is InChI=1S/C38H38N4O8/c1-43-27-17-9-13-23(33(27)47-5)31-32(24-14-10-18-28(44-2)34(24)48-6)42(38(40-31)26-16-12-20-30(46-4)36(26)50-8)41-22-21-39-37(41)25-15-11-19-29(45-3)35(25)49-7/h9-22H,1-8H3. The highest BCUT2D eigenvalue weighted by Crippen LogP contribution is 2.49. The van der Waals surface area contributed by atoms with E-state index in [-0.39, 0.29) is 0 Å². The molecule has 0 unspecified atom stereocenters. The normalized spacial score (nSPS) is 10.8. The van der Waals surface area contributed by atoms with Gasteiger partial charge in [-0.25, -0.2) is 19.3 Å². The maximum Gasteiger partial charge on any atom is 0.171 e. The molecule has 0 saturated carbocycles. The minimum absolute atomic E-state index is 0.482. The molecule has 258 valence electrons. The number of ether oxygens (including phenoxy) is 8. The first kappa shape index (κ1) is 33.6. The zero-order valence-electron chi connectivity index (χ0n) is 29.1. The average Bonchev–Trinajstić information content (AvgIpc) is 3.81. The minimum atomic E-state index is 0.482. The first-order valence-corrected chi connectivity index (χ1v) is 15.5. The smallest absolute Gasteiger partial charge is 0.171 e. The van der Waals surface area contributed by atoms with Crippen LogP contribution in [0.25, 0.3) is 45.3 Å². The molecule has 0 fully saturated rings. The minimum Gasteiger partial charge on any atom is -0.493 e. The number of nitrogens with zero attached hydrogens (tertiary/aromatic N) is 4. The number of hydrogen-bond acceptors (Lipinski definition) is 10. The lowest BCUT2D eigenvalue weighted by Gasteiger charge is -2.21. The Bertz CT molecular complexity index is 2140. The van der Waals surface area contributed by atoms with Crippen molar-refractivity contribution in [2.45, 2.75) is 0 Å². The lowest BCUT2D eigenvalue weighted by Crippen LogP contribution is -2.14. The molecule has 0 aliphatic carbocycles. The van der Waals surface area contributed by atoms with Gasteiger partial charge in [0, 0.05) is 23.5 Å². The van der Waals surface area contributed by atoms with E-state index in [0.29, 0.717) is 91.3 Å². The van der Waals surface area contributed by atoms with Crippen LogP contribution in [-0.4, -0.2) is 76.2 Å². The third-order valence-electron chi connectivity index (χ3n) is 8.30. The van der Waals surface area contributed by atoms with Crippen molar-refractivity contribution in [2.75, 3.05) is 56.9 Å². The molecule has 0 radical (unpaired) electrons. The summed E-state index contributed by atoms with van der Waals surface area (Å²) in [4.78, 5) is 10.2. The fourth-order valence-corrected chi connectivity index (χ4v) is 6.15. The summed E-state index contributed by atoms with van der Waals surface area (Å²) in [5.41, 5.74) is 3.81. The second-order valence-corrected chi connectivity index (χ2v) is 10.7. The van der Waals surface area contributed by atoms with E-state index in [4.69, 9.17) is 47.9 Å². The summed E-state index contributed by atoms with van der Waals surface area (Å²) in [6, 6.07) is 22.6. The predicted octanol–water partition coefficient (Wildman–Crippen LogP) is 7.13. The lowest BCUT2D eigenvalue weighted by atomic mass is 10.0. The van der Waals surface area contributed by atoms with Crippen molar-refractivity contribution >= 4 is 0 Å². The van der Waals surface area contributed by atoms with E-state index in [1.54, 1.807) is 63.1 Å². The molecule has 0 atom stereocenters. The van der Waals surface area contributed by atoms with Crippen molar-refractivity contribution < 1.29 is 37.9 Å². The van der Waals surface area contributed by atoms with Crippen molar-refractivity contribution in [3.63, 3.8) is 0 Å². The third-order valence-corrected chi connectivity index (χ3v) is 8.30. The van der Waals surface area contributed by atoms with Crippen molar-refractivity contribution in [2.24, 2.45) is 0 Å². The molecule has 0 saturated heterocycles. The largest absolute Gasteiger partial charge is 0.493 e. The number of hydrogen-bond donors (Lipinski definition) is 0. The molecule has 12 heteroatoms. The van der Waals surface area contributed by atoms with Gasteiger partial charge in [0.05, 0.1) is 68.0 Å². The van der Waals surface area contributed by atoms with Crippen LogP contribution in [0.1, 0.15) is 0 Å². The Kier molecular flexibility index (Phi) is 9.70. The first-order chi connectivity index (χ1) is 24.5. The SMILES string of the molecule is COc1cccc(-c2nc(-c3cccc(OC)c3OC)n(-n3ccnc3-c3cccc(OC)c3OC)c2-c2cccc(OC)c2OC)c1OC. The summed E-state index contributed by atoms with van der Waals surface area (Å²) in [6.07, 6.45) is 3.55. The van der Waals surface area contributed by atoms with Crippen molar-refractivity contribution in [1.82, 2.24) is 19.3 Å². The average molecular weight is 679 g/mol. The zero-order chi connectivity index (χ0) is 35.4. The second-order valence-electron chi connectivity index (χ2n) is 10.7. The van der Waals surface area contributed by atoms with Crippen molar-refractivity contribution in [1.29, 1.82) is 0 Å². The molecular weight excluding hydrogens is 640 g/mol. The molecule has 6 aromatic rings. The molecular formula is C38H38N4O8. The van der Waals surface area contributed by atoms with Crippen LogP contribution in [0.5, 0.6) is 46.0 Å². The van der Waals surface area contributed by atoms with Gasteiger partial charge in [-0.2, -0.15) is 0 Å². The number of imidazole rings is 2. The van der Waals surface area contributed by atoms with Gasteiger partial charge in [0.1, 0.15) is 11.4 Å². The fraction of sp³-hybridized carbons (Fsp3) is 0.211. The van der Waals surface area contributed by atoms with Gasteiger partial charge in [0.2, 0.25) is 0 Å². The van der Waals surface area contributed by atoms with Crippen molar-refractivity contribution in [3.8, 4) is 91.3 Å². The molecule has 0 bridgehead atoms. The third kappa shape index (κ3) is 5.54. The van der Waals surface area contributed by atoms with Crippen molar-refractivity contribution in [3.05, 3.63) is 85.2 Å². The Morgan fingerprint density at radius 1 is 0.440 bits per heavy atom. The molecule has 12 nitrogen and oxygen atoms in total. The summed E-state index contributed by atoms with van der Waals surface area (Å²) < 4.78 is 50.6. The Labute approximate surface area is 290 Å². The Hall–Kier alpha value is -6.30. The molecule has 0 amide bonds. The number of rotatable bonds is 13. The molecule has 2 heterocycles. The Morgan fingerprint density at radius 2 is 0.840 bits per heavy atom. The van der Waals surface area contributed by atoms with Crippen LogP contribution >= 0.6 is 0 Å². The van der Waals surface area contributed by atoms with E-state index < -0.39 is 0 Å². The van der Waals surface area contributed by atoms with Crippen LogP contribution in [0.4, 0.5) is 0 Å². The first-order valence-electron chi connectivity index (χ1n) is 15.5. The van der Waals surface area contributed by atoms with E-state index >= 15 is 0 Å². The van der Waals surface area contributed by atoms with Crippen LogP contribution in [0.15, 0.2) is 85.2 Å². The van der Waals surface area contributed by atoms with Gasteiger partial charge in [-0.1, -0.05) is 24.3 Å². The maximum absolute atomic E-state index is 6.04. The Morgan fingerprint density at radius 3 is 1.30 bits per heavy atom. The monoisotopic (exact) mass is 678 g/mol. The van der Waals surface area contributed by atoms with Gasteiger partial charge in [0.15, 0.2) is 57.6 Å². The summed E-state index contributed by atoms with van der Waals surface area (Å²) in [6.45, 7) is 0. The molecule has 0 N–H and O–H groups in total. The summed E-state index contributed by atoms with van der Waals surface area (Å²) in [5.74, 6) is 5.15. The molecule has 0 spiro atoms. The maximum atomic E-state index is 6.04. The van der Waals surface area contributed by atoms with E-state index in [1.807, 2.05) is 88.3 Å². The molecule has 50 heavy (non-hydrogen) atoms. The zero-order valence-corrected chi connectivity index (χ0v) is 29.1. The summed E-state index contributed by atoms with van der Waals surface area (Å²) >= 11 is 0. The molecule has 6 rings (SSSR count). The Balaban J connectivity index is 1.85. The van der Waals surface area contributed by atoms with Crippen LogP contribution in [0, 0.1) is 0 Å². The van der Waals surface area contributed by atoms with Gasteiger partial charge in [-0.15, -0.1) is 0 Å². The molecule has 0 aliphatic heterocycles. The summed E-state index contributed by atoms with van der Waals surface area (Å²) in [5, 5.41) is 0. The van der Waals surface area contributed by atoms with E-state index in [9.17, 15) is 0 Å².